The third-order valence-corrected chi connectivity index (χ3v) is 3.13. The van der Waals surface area contributed by atoms with Gasteiger partial charge in [0, 0.05) is 5.56 Å². The molecule has 0 amide bonds. The van der Waals surface area contributed by atoms with Crippen LogP contribution < -0.4 is 4.74 Å². The summed E-state index contributed by atoms with van der Waals surface area (Å²) < 4.78 is 42.2. The van der Waals surface area contributed by atoms with E-state index in [1.54, 1.807) is 6.07 Å². The lowest BCUT2D eigenvalue weighted by atomic mass is 10.0. The Morgan fingerprint density at radius 3 is 2.32 bits per heavy atom. The standard InChI is InChI=1S/C13H7Cl2F3O/c14-10-3-1-7(5-11(10)15)9-6-8(19-13(17)18)2-4-12(9)16/h1-6,13H. The van der Waals surface area contributed by atoms with E-state index in [9.17, 15) is 13.2 Å². The molecule has 0 spiro atoms. The second kappa shape index (κ2) is 5.72. The minimum atomic E-state index is -2.97. The van der Waals surface area contributed by atoms with E-state index in [1.165, 1.54) is 18.2 Å². The fourth-order valence-electron chi connectivity index (χ4n) is 1.57. The number of alkyl halides is 2. The molecule has 0 N–H and O–H groups in total. The predicted octanol–water partition coefficient (Wildman–Crippen LogP) is 5.40. The summed E-state index contributed by atoms with van der Waals surface area (Å²) in [5, 5.41) is 0.574. The highest BCUT2D eigenvalue weighted by atomic mass is 35.5. The van der Waals surface area contributed by atoms with Crippen molar-refractivity contribution < 1.29 is 17.9 Å². The second-order valence-electron chi connectivity index (χ2n) is 3.65. The van der Waals surface area contributed by atoms with Crippen LogP contribution in [0.2, 0.25) is 10.0 Å². The molecule has 0 heterocycles. The highest BCUT2D eigenvalue weighted by molar-refractivity contribution is 6.42. The van der Waals surface area contributed by atoms with Gasteiger partial charge in [-0.1, -0.05) is 29.3 Å². The molecule has 0 saturated heterocycles. The van der Waals surface area contributed by atoms with Crippen LogP contribution in [0.4, 0.5) is 13.2 Å². The fourth-order valence-corrected chi connectivity index (χ4v) is 1.86. The third-order valence-electron chi connectivity index (χ3n) is 2.39. The van der Waals surface area contributed by atoms with Gasteiger partial charge in [0.05, 0.1) is 10.0 Å². The van der Waals surface area contributed by atoms with Gasteiger partial charge in [0.25, 0.3) is 0 Å². The summed E-state index contributed by atoms with van der Waals surface area (Å²) in [5.41, 5.74) is 0.531. The van der Waals surface area contributed by atoms with Crippen LogP contribution >= 0.6 is 23.2 Å². The molecule has 0 atom stereocenters. The van der Waals surface area contributed by atoms with Crippen LogP contribution in [0.1, 0.15) is 0 Å². The quantitative estimate of drug-likeness (QED) is 0.737. The minimum absolute atomic E-state index is 0.108. The number of rotatable bonds is 3. The zero-order valence-corrected chi connectivity index (χ0v) is 10.9. The van der Waals surface area contributed by atoms with E-state index in [1.807, 2.05) is 0 Å². The van der Waals surface area contributed by atoms with Gasteiger partial charge < -0.3 is 4.74 Å². The number of benzene rings is 2. The van der Waals surface area contributed by atoms with Crippen LogP contribution in [-0.4, -0.2) is 6.61 Å². The largest absolute Gasteiger partial charge is 0.435 e. The van der Waals surface area contributed by atoms with Gasteiger partial charge in [-0.2, -0.15) is 8.78 Å². The molecule has 2 aromatic carbocycles. The van der Waals surface area contributed by atoms with Crippen molar-refractivity contribution in [2.75, 3.05) is 0 Å². The van der Waals surface area contributed by atoms with Gasteiger partial charge in [0.1, 0.15) is 11.6 Å². The Morgan fingerprint density at radius 1 is 0.947 bits per heavy atom. The van der Waals surface area contributed by atoms with Crippen LogP contribution in [0, 0.1) is 5.82 Å². The lowest BCUT2D eigenvalue weighted by molar-refractivity contribution is -0.0498. The molecule has 0 saturated carbocycles. The van der Waals surface area contributed by atoms with Crippen LogP contribution in [0.15, 0.2) is 36.4 Å². The molecule has 0 fully saturated rings. The first-order chi connectivity index (χ1) is 8.97. The molecular weight excluding hydrogens is 300 g/mol. The molecule has 1 nitrogen and oxygen atoms in total. The molecule has 19 heavy (non-hydrogen) atoms. The smallest absolute Gasteiger partial charge is 0.387 e. The van der Waals surface area contributed by atoms with E-state index in [0.29, 0.717) is 10.6 Å². The lowest BCUT2D eigenvalue weighted by Gasteiger charge is -2.09. The molecule has 0 aliphatic heterocycles. The molecule has 0 aliphatic carbocycles. The molecule has 100 valence electrons. The van der Waals surface area contributed by atoms with Crippen molar-refractivity contribution in [1.82, 2.24) is 0 Å². The molecule has 0 radical (unpaired) electrons. The van der Waals surface area contributed by atoms with Crippen molar-refractivity contribution in [3.63, 3.8) is 0 Å². The zero-order valence-electron chi connectivity index (χ0n) is 9.34. The number of ether oxygens (including phenoxy) is 1. The molecular formula is C13H7Cl2F3O. The molecule has 2 aromatic rings. The van der Waals surface area contributed by atoms with Crippen molar-refractivity contribution in [1.29, 1.82) is 0 Å². The van der Waals surface area contributed by atoms with Crippen molar-refractivity contribution in [2.24, 2.45) is 0 Å². The van der Waals surface area contributed by atoms with Gasteiger partial charge in [-0.3, -0.25) is 0 Å². The Kier molecular flexibility index (Phi) is 4.22. The lowest BCUT2D eigenvalue weighted by Crippen LogP contribution is -2.02. The van der Waals surface area contributed by atoms with Gasteiger partial charge in [0.2, 0.25) is 0 Å². The summed E-state index contributed by atoms with van der Waals surface area (Å²) in [4.78, 5) is 0. The topological polar surface area (TPSA) is 9.23 Å². The maximum atomic E-state index is 13.7. The Hall–Kier alpha value is -1.39. The Balaban J connectivity index is 2.45. The summed E-state index contributed by atoms with van der Waals surface area (Å²) in [7, 11) is 0. The normalized spacial score (nSPS) is 10.8. The Labute approximate surface area is 117 Å². The molecule has 0 bridgehead atoms. The molecule has 2 rings (SSSR count). The molecule has 0 aromatic heterocycles. The van der Waals surface area contributed by atoms with Crippen molar-refractivity contribution in [3.05, 3.63) is 52.3 Å². The van der Waals surface area contributed by atoms with E-state index < -0.39 is 12.4 Å². The maximum Gasteiger partial charge on any atom is 0.387 e. The van der Waals surface area contributed by atoms with E-state index in [2.05, 4.69) is 4.74 Å². The second-order valence-corrected chi connectivity index (χ2v) is 4.46. The van der Waals surface area contributed by atoms with Crippen molar-refractivity contribution in [3.8, 4) is 16.9 Å². The van der Waals surface area contributed by atoms with E-state index in [-0.39, 0.29) is 16.3 Å². The highest BCUT2D eigenvalue weighted by Gasteiger charge is 2.11. The first-order valence-corrected chi connectivity index (χ1v) is 5.93. The average Bonchev–Trinajstić information content (AvgIpc) is 2.34. The van der Waals surface area contributed by atoms with Crippen LogP contribution in [0.5, 0.6) is 5.75 Å². The Bertz CT molecular complexity index is 602. The average molecular weight is 307 g/mol. The highest BCUT2D eigenvalue weighted by Crippen LogP contribution is 2.32. The zero-order chi connectivity index (χ0) is 14.0. The van der Waals surface area contributed by atoms with Gasteiger partial charge in [-0.25, -0.2) is 4.39 Å². The van der Waals surface area contributed by atoms with E-state index in [4.69, 9.17) is 23.2 Å². The summed E-state index contributed by atoms with van der Waals surface area (Å²) in [6.45, 7) is -2.97. The van der Waals surface area contributed by atoms with E-state index in [0.717, 1.165) is 12.1 Å². The SMILES string of the molecule is Fc1ccc(OC(F)F)cc1-c1ccc(Cl)c(Cl)c1. The van der Waals surface area contributed by atoms with Crippen LogP contribution in [0.25, 0.3) is 11.1 Å². The summed E-state index contributed by atoms with van der Waals surface area (Å²) in [5.74, 6) is -0.697. The first kappa shape index (κ1) is 14.0. The summed E-state index contributed by atoms with van der Waals surface area (Å²) in [6.07, 6.45) is 0. The van der Waals surface area contributed by atoms with Gasteiger partial charge in [-0.15, -0.1) is 0 Å². The van der Waals surface area contributed by atoms with Gasteiger partial charge in [-0.05, 0) is 35.9 Å². The summed E-state index contributed by atoms with van der Waals surface area (Å²) >= 11 is 11.6. The molecule has 6 heteroatoms. The Morgan fingerprint density at radius 2 is 1.68 bits per heavy atom. The predicted molar refractivity (Wildman–Crippen MR) is 68.5 cm³/mol. The number of halogens is 5. The fraction of sp³-hybridized carbons (Fsp3) is 0.0769. The maximum absolute atomic E-state index is 13.7. The minimum Gasteiger partial charge on any atom is -0.435 e. The van der Waals surface area contributed by atoms with E-state index >= 15 is 0 Å². The third kappa shape index (κ3) is 3.33. The summed E-state index contributed by atoms with van der Waals surface area (Å²) in [6, 6.07) is 7.85. The van der Waals surface area contributed by atoms with Crippen LogP contribution in [0.3, 0.4) is 0 Å². The van der Waals surface area contributed by atoms with Gasteiger partial charge in [0.15, 0.2) is 0 Å². The number of hydrogen-bond donors (Lipinski definition) is 0. The van der Waals surface area contributed by atoms with Crippen molar-refractivity contribution in [2.45, 2.75) is 6.61 Å². The van der Waals surface area contributed by atoms with Crippen LogP contribution in [-0.2, 0) is 0 Å². The van der Waals surface area contributed by atoms with Gasteiger partial charge >= 0.3 is 6.61 Å². The number of hydrogen-bond acceptors (Lipinski definition) is 1. The first-order valence-electron chi connectivity index (χ1n) is 5.17. The molecule has 0 aliphatic rings. The van der Waals surface area contributed by atoms with Crippen molar-refractivity contribution >= 4 is 23.2 Å². The monoisotopic (exact) mass is 306 g/mol. The molecule has 0 unspecified atom stereocenters.